The van der Waals surface area contributed by atoms with Crippen LogP contribution in [0.5, 0.6) is 0 Å². The number of aromatic nitrogens is 2. The lowest BCUT2D eigenvalue weighted by molar-refractivity contribution is 1.32. The van der Waals surface area contributed by atoms with E-state index in [1.807, 2.05) is 0 Å². The van der Waals surface area contributed by atoms with Gasteiger partial charge in [0.2, 0.25) is 0 Å². The number of hydrogen-bond donors (Lipinski definition) is 0. The molecule has 184 valence electrons. The van der Waals surface area contributed by atoms with Gasteiger partial charge in [-0.05, 0) is 56.3 Å². The minimum Gasteiger partial charge on any atom is -0.292 e. The molecular formula is C35H23N2PS. The summed E-state index contributed by atoms with van der Waals surface area (Å²) in [7, 11) is 0. The van der Waals surface area contributed by atoms with E-state index in [9.17, 15) is 0 Å². The molecule has 0 amide bonds. The molecule has 0 spiro atoms. The molecular weight excluding hydrogens is 511 g/mol. The summed E-state index contributed by atoms with van der Waals surface area (Å²) in [5, 5.41) is 9.62. The van der Waals surface area contributed by atoms with Crippen LogP contribution in [0.25, 0.3) is 49.1 Å². The van der Waals surface area contributed by atoms with E-state index in [-0.39, 0.29) is 0 Å². The lowest BCUT2D eigenvalue weighted by Gasteiger charge is -2.24. The Hall–Kier alpha value is -4.30. The van der Waals surface area contributed by atoms with Crippen LogP contribution in [-0.2, 0) is 11.8 Å². The van der Waals surface area contributed by atoms with Gasteiger partial charge in [-0.15, -0.1) is 0 Å². The van der Waals surface area contributed by atoms with E-state index < -0.39 is 6.04 Å². The maximum absolute atomic E-state index is 6.78. The fourth-order valence-corrected chi connectivity index (χ4v) is 9.68. The number of rotatable bonds is 3. The average molecular weight is 535 g/mol. The topological polar surface area (TPSA) is 17.3 Å². The zero-order chi connectivity index (χ0) is 26.0. The molecule has 0 aliphatic rings. The molecule has 2 aromatic heterocycles. The first-order valence-electron chi connectivity index (χ1n) is 13.1. The summed E-state index contributed by atoms with van der Waals surface area (Å²) < 4.78 is 2.32. The fraction of sp³-hybridized carbons (Fsp3) is 0. The molecule has 8 rings (SSSR count). The van der Waals surface area contributed by atoms with Crippen molar-refractivity contribution in [3.8, 4) is 0 Å². The third kappa shape index (κ3) is 3.34. The van der Waals surface area contributed by atoms with Crippen molar-refractivity contribution in [2.45, 2.75) is 0 Å². The van der Waals surface area contributed by atoms with Crippen LogP contribution in [0, 0.1) is 0 Å². The molecule has 0 saturated carbocycles. The van der Waals surface area contributed by atoms with E-state index in [4.69, 9.17) is 16.8 Å². The van der Waals surface area contributed by atoms with Crippen LogP contribution in [-0.4, -0.2) is 9.38 Å². The first-order valence-corrected chi connectivity index (χ1v) is 15.9. The molecule has 8 aromatic rings. The molecule has 2 nitrogen and oxygen atoms in total. The highest BCUT2D eigenvalue weighted by molar-refractivity contribution is 8.25. The summed E-state index contributed by atoms with van der Waals surface area (Å²) in [5.41, 5.74) is 4.21. The molecule has 0 N–H and O–H groups in total. The summed E-state index contributed by atoms with van der Waals surface area (Å²) in [6.45, 7) is 0. The zero-order valence-electron chi connectivity index (χ0n) is 21.0. The smallest absolute Gasteiger partial charge is 0.146 e. The van der Waals surface area contributed by atoms with Crippen molar-refractivity contribution >= 4 is 82.9 Å². The summed E-state index contributed by atoms with van der Waals surface area (Å²) in [4.78, 5) is 5.14. The van der Waals surface area contributed by atoms with E-state index in [1.165, 1.54) is 37.5 Å². The van der Waals surface area contributed by atoms with Crippen LogP contribution < -0.4 is 15.9 Å². The van der Waals surface area contributed by atoms with Crippen LogP contribution in [0.15, 0.2) is 140 Å². The lowest BCUT2D eigenvalue weighted by atomic mass is 10.1. The molecule has 0 saturated heterocycles. The van der Waals surface area contributed by atoms with Gasteiger partial charge in [-0.1, -0.05) is 127 Å². The van der Waals surface area contributed by atoms with Crippen molar-refractivity contribution in [2.75, 3.05) is 0 Å². The maximum atomic E-state index is 6.78. The highest BCUT2D eigenvalue weighted by atomic mass is 32.4. The number of imidazole rings is 1. The normalized spacial score (nSPS) is 13.4. The fourth-order valence-electron chi connectivity index (χ4n) is 5.95. The molecule has 0 bridgehead atoms. The highest BCUT2D eigenvalue weighted by Crippen LogP contribution is 2.44. The summed E-state index contributed by atoms with van der Waals surface area (Å²) >= 11 is 6.78. The second-order valence-electron chi connectivity index (χ2n) is 9.98. The Morgan fingerprint density at radius 3 is 1.97 bits per heavy atom. The Morgan fingerprint density at radius 2 is 1.13 bits per heavy atom. The van der Waals surface area contributed by atoms with Crippen molar-refractivity contribution in [3.63, 3.8) is 0 Å². The Balaban J connectivity index is 1.48. The predicted molar refractivity (Wildman–Crippen MR) is 171 cm³/mol. The van der Waals surface area contributed by atoms with Gasteiger partial charge in [0.15, 0.2) is 0 Å². The van der Waals surface area contributed by atoms with Crippen molar-refractivity contribution in [2.24, 2.45) is 0 Å². The van der Waals surface area contributed by atoms with Crippen LogP contribution in [0.2, 0.25) is 0 Å². The lowest BCUT2D eigenvalue weighted by Crippen LogP contribution is -2.24. The Bertz CT molecular complexity index is 2270. The number of nitrogens with zero attached hydrogens (tertiary/aromatic N) is 2. The Morgan fingerprint density at radius 1 is 0.487 bits per heavy atom. The van der Waals surface area contributed by atoms with E-state index in [0.29, 0.717) is 0 Å². The van der Waals surface area contributed by atoms with Gasteiger partial charge in [-0.3, -0.25) is 4.40 Å². The second-order valence-corrected chi connectivity index (χ2v) is 14.4. The molecule has 0 aliphatic heterocycles. The van der Waals surface area contributed by atoms with Crippen molar-refractivity contribution in [1.82, 2.24) is 9.38 Å². The van der Waals surface area contributed by atoms with E-state index in [2.05, 4.69) is 144 Å². The molecule has 4 heteroatoms. The van der Waals surface area contributed by atoms with Crippen molar-refractivity contribution in [1.29, 1.82) is 0 Å². The molecule has 0 fully saturated rings. The molecule has 0 radical (unpaired) electrons. The van der Waals surface area contributed by atoms with Crippen LogP contribution in [0.3, 0.4) is 0 Å². The van der Waals surface area contributed by atoms with Crippen LogP contribution >= 0.6 is 6.04 Å². The predicted octanol–water partition coefficient (Wildman–Crippen LogP) is 7.70. The highest BCUT2D eigenvalue weighted by Gasteiger charge is 2.26. The SMILES string of the molecule is S=P(c1ccccc1)(c1ccc2ccccc2c1)c1ccc2nc3c4ccccc4c4ccccc4n3c2c1. The molecule has 39 heavy (non-hydrogen) atoms. The van der Waals surface area contributed by atoms with Gasteiger partial charge in [0.1, 0.15) is 5.65 Å². The summed E-state index contributed by atoms with van der Waals surface area (Å²) in [5.74, 6) is 0. The van der Waals surface area contributed by atoms with Gasteiger partial charge in [-0.2, -0.15) is 0 Å². The number of benzene rings is 6. The molecule has 2 heterocycles. The molecule has 1 unspecified atom stereocenters. The molecule has 0 aliphatic carbocycles. The van der Waals surface area contributed by atoms with Gasteiger partial charge in [-0.25, -0.2) is 4.98 Å². The molecule has 1 atom stereocenters. The second kappa shape index (κ2) is 8.61. The third-order valence-corrected chi connectivity index (χ3v) is 12.8. The Kier molecular flexibility index (Phi) is 5.00. The first kappa shape index (κ1) is 22.7. The van der Waals surface area contributed by atoms with Gasteiger partial charge in [0, 0.05) is 16.8 Å². The summed E-state index contributed by atoms with van der Waals surface area (Å²) in [6.07, 6.45) is 0. The van der Waals surface area contributed by atoms with Crippen LogP contribution in [0.4, 0.5) is 0 Å². The van der Waals surface area contributed by atoms with E-state index >= 15 is 0 Å². The summed E-state index contributed by atoms with van der Waals surface area (Å²) in [6, 6.07) is 47.4. The number of pyridine rings is 1. The molecule has 6 aromatic carbocycles. The number of fused-ring (bicyclic) bond motifs is 9. The minimum atomic E-state index is -2.36. The van der Waals surface area contributed by atoms with Gasteiger partial charge < -0.3 is 0 Å². The minimum absolute atomic E-state index is 0.980. The van der Waals surface area contributed by atoms with E-state index in [0.717, 1.165) is 27.6 Å². The maximum Gasteiger partial charge on any atom is 0.146 e. The zero-order valence-corrected chi connectivity index (χ0v) is 22.7. The van der Waals surface area contributed by atoms with Crippen LogP contribution in [0.1, 0.15) is 0 Å². The van der Waals surface area contributed by atoms with E-state index in [1.54, 1.807) is 0 Å². The number of hydrogen-bond acceptors (Lipinski definition) is 2. The third-order valence-electron chi connectivity index (χ3n) is 7.82. The van der Waals surface area contributed by atoms with Crippen molar-refractivity contribution in [3.05, 3.63) is 140 Å². The first-order chi connectivity index (χ1) is 19.2. The standard InChI is InChI=1S/C35H23N2PS/c39-38(26-12-2-1-3-13-26,27-19-18-24-10-4-5-11-25(24)22-27)28-20-21-32-34(23-28)37-33-17-9-8-15-30(33)29-14-6-7-16-31(29)35(37)36-32/h1-23H. The van der Waals surface area contributed by atoms with Gasteiger partial charge in [0.05, 0.1) is 16.6 Å². The quantitative estimate of drug-likeness (QED) is 0.171. The van der Waals surface area contributed by atoms with Crippen molar-refractivity contribution < 1.29 is 0 Å². The van der Waals surface area contributed by atoms with Gasteiger partial charge >= 0.3 is 0 Å². The largest absolute Gasteiger partial charge is 0.292 e. The van der Waals surface area contributed by atoms with Gasteiger partial charge in [0.25, 0.3) is 0 Å². The average Bonchev–Trinajstić information content (AvgIpc) is 3.40. The Labute approximate surface area is 231 Å². The number of para-hydroxylation sites is 1. The monoisotopic (exact) mass is 534 g/mol.